The third-order valence-corrected chi connectivity index (χ3v) is 3.43. The Morgan fingerprint density at radius 2 is 1.78 bits per heavy atom. The van der Waals surface area contributed by atoms with E-state index in [2.05, 4.69) is 0 Å². The lowest BCUT2D eigenvalue weighted by atomic mass is 10.1. The zero-order valence-corrected chi connectivity index (χ0v) is 13.7. The minimum Gasteiger partial charge on any atom is -0.494 e. The molecule has 2 aromatic carbocycles. The van der Waals surface area contributed by atoms with Gasteiger partial charge in [-0.05, 0) is 55.7 Å². The van der Waals surface area contributed by atoms with Gasteiger partial charge in [0.2, 0.25) is 0 Å². The Bertz CT molecular complexity index is 659. The number of carbonyl (C=O) groups is 1. The summed E-state index contributed by atoms with van der Waals surface area (Å²) in [6.45, 7) is 6.35. The molecule has 2 rings (SSSR count). The van der Waals surface area contributed by atoms with Crippen LogP contribution in [0.5, 0.6) is 11.5 Å². The average molecular weight is 314 g/mol. The Balaban J connectivity index is 2.21. The Morgan fingerprint density at radius 3 is 2.39 bits per heavy atom. The van der Waals surface area contributed by atoms with Crippen molar-refractivity contribution in [1.82, 2.24) is 0 Å². The maximum atomic E-state index is 11.6. The summed E-state index contributed by atoms with van der Waals surface area (Å²) in [5, 5.41) is 9.49. The van der Waals surface area contributed by atoms with Gasteiger partial charge in [0.25, 0.3) is 0 Å². The fourth-order valence-corrected chi connectivity index (χ4v) is 2.51. The number of para-hydroxylation sites is 1. The van der Waals surface area contributed by atoms with Crippen molar-refractivity contribution in [3.63, 3.8) is 0 Å². The molecule has 4 heteroatoms. The highest BCUT2D eigenvalue weighted by atomic mass is 16.5. The van der Waals surface area contributed by atoms with Gasteiger partial charge in [-0.15, -0.1) is 0 Å². The molecular formula is C19H22O4. The molecule has 122 valence electrons. The molecule has 0 aliphatic rings. The van der Waals surface area contributed by atoms with Crippen molar-refractivity contribution in [3.05, 3.63) is 59.2 Å². The van der Waals surface area contributed by atoms with Crippen LogP contribution in [0.15, 0.2) is 42.5 Å². The first-order valence-electron chi connectivity index (χ1n) is 7.68. The summed E-state index contributed by atoms with van der Waals surface area (Å²) < 4.78 is 11.3. The molecule has 4 nitrogen and oxygen atoms in total. The van der Waals surface area contributed by atoms with Crippen molar-refractivity contribution in [1.29, 1.82) is 0 Å². The lowest BCUT2D eigenvalue weighted by molar-refractivity contribution is -0.145. The molecule has 0 amide bonds. The van der Waals surface area contributed by atoms with E-state index in [0.29, 0.717) is 18.1 Å². The molecule has 1 atom stereocenters. The molecule has 0 aliphatic carbocycles. The molecule has 0 saturated heterocycles. The summed E-state index contributed by atoms with van der Waals surface area (Å²) in [7, 11) is 0. The molecule has 0 heterocycles. The first-order chi connectivity index (χ1) is 11.0. The highest BCUT2D eigenvalue weighted by molar-refractivity contribution is 5.73. The monoisotopic (exact) mass is 314 g/mol. The molecule has 2 aromatic rings. The predicted octanol–water partition coefficient (Wildman–Crippen LogP) is 3.78. The number of aliphatic carboxylic acids is 1. The molecule has 0 bridgehead atoms. The maximum Gasteiger partial charge on any atom is 0.345 e. The van der Waals surface area contributed by atoms with Crippen LogP contribution in [0, 0.1) is 13.8 Å². The standard InChI is InChI=1S/C19H22O4/c1-4-22-17-8-6-5-7-15(17)12-18(19(20)21)23-16-10-13(2)9-14(3)11-16/h5-11,18H,4,12H2,1-3H3,(H,20,21). The van der Waals surface area contributed by atoms with Crippen molar-refractivity contribution in [2.75, 3.05) is 6.61 Å². The predicted molar refractivity (Wildman–Crippen MR) is 89.3 cm³/mol. The van der Waals surface area contributed by atoms with E-state index >= 15 is 0 Å². The molecule has 0 aromatic heterocycles. The second kappa shape index (κ2) is 7.68. The van der Waals surface area contributed by atoms with Crippen LogP contribution in [0.1, 0.15) is 23.6 Å². The van der Waals surface area contributed by atoms with Gasteiger partial charge in [-0.25, -0.2) is 4.79 Å². The Hall–Kier alpha value is -2.49. The number of carboxylic acid groups (broad SMARTS) is 1. The number of carboxylic acids is 1. The van der Waals surface area contributed by atoms with Gasteiger partial charge < -0.3 is 14.6 Å². The van der Waals surface area contributed by atoms with Crippen molar-refractivity contribution < 1.29 is 19.4 Å². The van der Waals surface area contributed by atoms with Gasteiger partial charge in [0.1, 0.15) is 11.5 Å². The average Bonchev–Trinajstić information content (AvgIpc) is 2.47. The number of hydrogen-bond acceptors (Lipinski definition) is 3. The van der Waals surface area contributed by atoms with Crippen molar-refractivity contribution >= 4 is 5.97 Å². The van der Waals surface area contributed by atoms with Gasteiger partial charge in [0, 0.05) is 6.42 Å². The van der Waals surface area contributed by atoms with Crippen LogP contribution in [0.2, 0.25) is 0 Å². The third-order valence-electron chi connectivity index (χ3n) is 3.43. The van der Waals surface area contributed by atoms with Gasteiger partial charge in [-0.3, -0.25) is 0 Å². The van der Waals surface area contributed by atoms with E-state index in [1.54, 1.807) is 0 Å². The fourth-order valence-electron chi connectivity index (χ4n) is 2.51. The van der Waals surface area contributed by atoms with Crippen LogP contribution in [0.25, 0.3) is 0 Å². The molecule has 1 unspecified atom stereocenters. The quantitative estimate of drug-likeness (QED) is 0.845. The number of benzene rings is 2. The van der Waals surface area contributed by atoms with Crippen molar-refractivity contribution in [2.24, 2.45) is 0 Å². The van der Waals surface area contributed by atoms with Crippen LogP contribution >= 0.6 is 0 Å². The topological polar surface area (TPSA) is 55.8 Å². The minimum absolute atomic E-state index is 0.249. The molecule has 0 aliphatic heterocycles. The first kappa shape index (κ1) is 16.9. The van der Waals surface area contributed by atoms with E-state index in [1.807, 2.05) is 63.2 Å². The van der Waals surface area contributed by atoms with E-state index in [-0.39, 0.29) is 6.42 Å². The van der Waals surface area contributed by atoms with Gasteiger partial charge in [0.15, 0.2) is 6.10 Å². The molecule has 23 heavy (non-hydrogen) atoms. The Morgan fingerprint density at radius 1 is 1.13 bits per heavy atom. The number of aryl methyl sites for hydroxylation is 2. The SMILES string of the molecule is CCOc1ccccc1CC(Oc1cc(C)cc(C)c1)C(=O)O. The zero-order valence-electron chi connectivity index (χ0n) is 13.7. The van der Waals surface area contributed by atoms with Crippen LogP contribution in [-0.2, 0) is 11.2 Å². The highest BCUT2D eigenvalue weighted by Crippen LogP contribution is 2.23. The number of ether oxygens (including phenoxy) is 2. The second-order valence-electron chi connectivity index (χ2n) is 5.51. The van der Waals surface area contributed by atoms with Crippen LogP contribution in [0.4, 0.5) is 0 Å². The van der Waals surface area contributed by atoms with Crippen LogP contribution < -0.4 is 9.47 Å². The van der Waals surface area contributed by atoms with Gasteiger partial charge in [-0.1, -0.05) is 24.3 Å². The van der Waals surface area contributed by atoms with Crippen molar-refractivity contribution in [3.8, 4) is 11.5 Å². The first-order valence-corrected chi connectivity index (χ1v) is 7.68. The lowest BCUT2D eigenvalue weighted by Gasteiger charge is -2.18. The van der Waals surface area contributed by atoms with Gasteiger partial charge in [-0.2, -0.15) is 0 Å². The van der Waals surface area contributed by atoms with Crippen molar-refractivity contribution in [2.45, 2.75) is 33.3 Å². The Labute approximate surface area is 136 Å². The molecule has 0 spiro atoms. The van der Waals surface area contributed by atoms with Gasteiger partial charge >= 0.3 is 5.97 Å². The number of hydrogen-bond donors (Lipinski definition) is 1. The van der Waals surface area contributed by atoms with E-state index in [9.17, 15) is 9.90 Å². The van der Waals surface area contributed by atoms with E-state index < -0.39 is 12.1 Å². The smallest absolute Gasteiger partial charge is 0.345 e. The summed E-state index contributed by atoms with van der Waals surface area (Å²) in [4.78, 5) is 11.6. The summed E-state index contributed by atoms with van der Waals surface area (Å²) in [5.74, 6) is 0.282. The molecule has 0 fully saturated rings. The van der Waals surface area contributed by atoms with E-state index in [1.165, 1.54) is 0 Å². The molecular weight excluding hydrogens is 292 g/mol. The highest BCUT2D eigenvalue weighted by Gasteiger charge is 2.22. The minimum atomic E-state index is -0.990. The molecule has 0 saturated carbocycles. The summed E-state index contributed by atoms with van der Waals surface area (Å²) >= 11 is 0. The summed E-state index contributed by atoms with van der Waals surface area (Å²) in [6, 6.07) is 13.2. The molecule has 0 radical (unpaired) electrons. The van der Waals surface area contributed by atoms with E-state index in [4.69, 9.17) is 9.47 Å². The Kier molecular flexibility index (Phi) is 5.63. The van der Waals surface area contributed by atoms with E-state index in [0.717, 1.165) is 16.7 Å². The summed E-state index contributed by atoms with van der Waals surface area (Å²) in [6.07, 6.45) is -0.712. The number of rotatable bonds is 7. The third kappa shape index (κ3) is 4.74. The fraction of sp³-hybridized carbons (Fsp3) is 0.316. The second-order valence-corrected chi connectivity index (χ2v) is 5.51. The van der Waals surface area contributed by atoms with Crippen LogP contribution in [0.3, 0.4) is 0 Å². The lowest BCUT2D eigenvalue weighted by Crippen LogP contribution is -2.29. The maximum absolute atomic E-state index is 11.6. The largest absolute Gasteiger partial charge is 0.494 e. The van der Waals surface area contributed by atoms with Gasteiger partial charge in [0.05, 0.1) is 6.61 Å². The summed E-state index contributed by atoms with van der Waals surface area (Å²) in [5.41, 5.74) is 2.91. The zero-order chi connectivity index (χ0) is 16.8. The molecule has 1 N–H and O–H groups in total. The normalized spacial score (nSPS) is 11.8. The van der Waals surface area contributed by atoms with Crippen LogP contribution in [-0.4, -0.2) is 23.8 Å².